The van der Waals surface area contributed by atoms with Crippen molar-refractivity contribution < 1.29 is 8.91 Å². The van der Waals surface area contributed by atoms with Gasteiger partial charge in [-0.15, -0.1) is 0 Å². The van der Waals surface area contributed by atoms with Crippen LogP contribution in [0, 0.1) is 5.82 Å². The first kappa shape index (κ1) is 13.7. The Morgan fingerprint density at radius 2 is 2.11 bits per heavy atom. The summed E-state index contributed by atoms with van der Waals surface area (Å²) in [5, 5.41) is 7.20. The Kier molecular flexibility index (Phi) is 3.95. The third-order valence-electron chi connectivity index (χ3n) is 2.55. The van der Waals surface area contributed by atoms with Crippen molar-refractivity contribution in [1.29, 1.82) is 0 Å². The van der Waals surface area contributed by atoms with Crippen LogP contribution in [0.2, 0.25) is 0 Å². The summed E-state index contributed by atoms with van der Waals surface area (Å²) in [6, 6.07) is 6.16. The van der Waals surface area contributed by atoms with E-state index in [1.165, 1.54) is 12.1 Å². The lowest BCUT2D eigenvalue weighted by Gasteiger charge is -2.19. The quantitative estimate of drug-likeness (QED) is 0.921. The summed E-state index contributed by atoms with van der Waals surface area (Å²) >= 11 is 0. The van der Waals surface area contributed by atoms with Crippen molar-refractivity contribution >= 4 is 0 Å². The molecule has 0 aliphatic rings. The van der Waals surface area contributed by atoms with Crippen molar-refractivity contribution in [1.82, 2.24) is 15.5 Å². The predicted octanol–water partition coefficient (Wildman–Crippen LogP) is 2.81. The highest BCUT2D eigenvalue weighted by molar-refractivity contribution is 5.53. The van der Waals surface area contributed by atoms with Gasteiger partial charge < -0.3 is 9.84 Å². The number of nitrogens with zero attached hydrogens (tertiary/aromatic N) is 2. The Morgan fingerprint density at radius 1 is 1.32 bits per heavy atom. The standard InChI is InChI=1S/C14H18FN3O/c1-14(2,3)16-8-7-12-17-13(18-19-12)10-5-4-6-11(15)9-10/h4-6,9,16H,7-8H2,1-3H3. The van der Waals surface area contributed by atoms with E-state index in [9.17, 15) is 4.39 Å². The minimum Gasteiger partial charge on any atom is -0.339 e. The molecule has 19 heavy (non-hydrogen) atoms. The molecule has 0 saturated carbocycles. The number of hydrogen-bond donors (Lipinski definition) is 1. The number of halogens is 1. The van der Waals surface area contributed by atoms with E-state index in [0.717, 1.165) is 6.54 Å². The van der Waals surface area contributed by atoms with E-state index in [1.807, 2.05) is 0 Å². The molecule has 0 spiro atoms. The number of aromatic nitrogens is 2. The minimum absolute atomic E-state index is 0.0609. The van der Waals surface area contributed by atoms with Crippen molar-refractivity contribution in [3.05, 3.63) is 36.0 Å². The van der Waals surface area contributed by atoms with Gasteiger partial charge in [0.2, 0.25) is 11.7 Å². The Balaban J connectivity index is 1.99. The second kappa shape index (κ2) is 5.48. The largest absolute Gasteiger partial charge is 0.339 e. The first-order chi connectivity index (χ1) is 8.94. The van der Waals surface area contributed by atoms with Crippen molar-refractivity contribution in [2.24, 2.45) is 0 Å². The number of benzene rings is 1. The molecule has 1 aromatic carbocycles. The lowest BCUT2D eigenvalue weighted by Crippen LogP contribution is -2.37. The Morgan fingerprint density at radius 3 is 2.79 bits per heavy atom. The molecule has 0 amide bonds. The molecule has 0 fully saturated rings. The molecule has 0 radical (unpaired) electrons. The van der Waals surface area contributed by atoms with Crippen LogP contribution < -0.4 is 5.32 Å². The predicted molar refractivity (Wildman–Crippen MR) is 71.2 cm³/mol. The van der Waals surface area contributed by atoms with Crippen LogP contribution in [0.15, 0.2) is 28.8 Å². The summed E-state index contributed by atoms with van der Waals surface area (Å²) in [6.45, 7) is 7.05. The number of rotatable bonds is 4. The van der Waals surface area contributed by atoms with Crippen molar-refractivity contribution in [2.75, 3.05) is 6.54 Å². The van der Waals surface area contributed by atoms with Crippen LogP contribution in [0.1, 0.15) is 26.7 Å². The smallest absolute Gasteiger partial charge is 0.228 e. The minimum atomic E-state index is -0.307. The van der Waals surface area contributed by atoms with Gasteiger partial charge in [0.25, 0.3) is 0 Å². The van der Waals surface area contributed by atoms with E-state index in [1.54, 1.807) is 12.1 Å². The molecule has 0 unspecified atom stereocenters. The fraction of sp³-hybridized carbons (Fsp3) is 0.429. The highest BCUT2D eigenvalue weighted by Gasteiger charge is 2.11. The van der Waals surface area contributed by atoms with Crippen LogP contribution in [0.25, 0.3) is 11.4 Å². The third-order valence-corrected chi connectivity index (χ3v) is 2.55. The van der Waals surface area contributed by atoms with Gasteiger partial charge in [0.15, 0.2) is 0 Å². The van der Waals surface area contributed by atoms with Crippen molar-refractivity contribution in [3.8, 4) is 11.4 Å². The van der Waals surface area contributed by atoms with Gasteiger partial charge in [-0.25, -0.2) is 4.39 Å². The van der Waals surface area contributed by atoms with Crippen molar-refractivity contribution in [3.63, 3.8) is 0 Å². The zero-order valence-electron chi connectivity index (χ0n) is 11.4. The average Bonchev–Trinajstić information content (AvgIpc) is 2.76. The van der Waals surface area contributed by atoms with E-state index in [-0.39, 0.29) is 11.4 Å². The first-order valence-electron chi connectivity index (χ1n) is 6.27. The molecule has 0 saturated heterocycles. The summed E-state index contributed by atoms with van der Waals surface area (Å²) in [5.41, 5.74) is 0.685. The molecule has 5 heteroatoms. The second-order valence-corrected chi connectivity index (χ2v) is 5.45. The van der Waals surface area contributed by atoms with Gasteiger partial charge in [-0.2, -0.15) is 4.98 Å². The van der Waals surface area contributed by atoms with Crippen LogP contribution in [-0.4, -0.2) is 22.2 Å². The maximum Gasteiger partial charge on any atom is 0.228 e. The second-order valence-electron chi connectivity index (χ2n) is 5.45. The highest BCUT2D eigenvalue weighted by atomic mass is 19.1. The van der Waals surface area contributed by atoms with Crippen molar-refractivity contribution in [2.45, 2.75) is 32.7 Å². The number of nitrogens with one attached hydrogen (secondary N) is 1. The maximum atomic E-state index is 13.1. The molecular weight excluding hydrogens is 245 g/mol. The van der Waals surface area contributed by atoms with Crippen LogP contribution in [0.5, 0.6) is 0 Å². The zero-order chi connectivity index (χ0) is 13.9. The van der Waals surface area contributed by atoms with E-state index in [4.69, 9.17) is 4.52 Å². The van der Waals surface area contributed by atoms with Gasteiger partial charge in [0.1, 0.15) is 5.82 Å². The topological polar surface area (TPSA) is 51.0 Å². The molecule has 4 nitrogen and oxygen atoms in total. The molecule has 2 rings (SSSR count). The van der Waals surface area contributed by atoms with Gasteiger partial charge in [0, 0.05) is 24.1 Å². The van der Waals surface area contributed by atoms with Gasteiger partial charge >= 0.3 is 0 Å². The van der Waals surface area contributed by atoms with Crippen LogP contribution >= 0.6 is 0 Å². The monoisotopic (exact) mass is 263 g/mol. The normalized spacial score (nSPS) is 11.8. The fourth-order valence-corrected chi connectivity index (χ4v) is 1.65. The van der Waals surface area contributed by atoms with E-state index in [0.29, 0.717) is 23.7 Å². The molecule has 0 aliphatic heterocycles. The summed E-state index contributed by atoms with van der Waals surface area (Å²) in [7, 11) is 0. The molecule has 1 N–H and O–H groups in total. The summed E-state index contributed by atoms with van der Waals surface area (Å²) in [5.74, 6) is 0.666. The van der Waals surface area contributed by atoms with Crippen LogP contribution in [0.4, 0.5) is 4.39 Å². The van der Waals surface area contributed by atoms with Gasteiger partial charge in [0.05, 0.1) is 0 Å². The molecule has 2 aromatic rings. The Bertz CT molecular complexity index is 546. The summed E-state index contributed by atoms with van der Waals surface area (Å²) in [4.78, 5) is 4.26. The molecule has 0 bridgehead atoms. The molecule has 1 aromatic heterocycles. The Hall–Kier alpha value is -1.75. The summed E-state index contributed by atoms with van der Waals surface area (Å²) in [6.07, 6.45) is 0.652. The van der Waals surface area contributed by atoms with Gasteiger partial charge in [-0.3, -0.25) is 0 Å². The molecular formula is C14H18FN3O. The molecule has 1 heterocycles. The maximum absolute atomic E-state index is 13.1. The van der Waals surface area contributed by atoms with E-state index in [2.05, 4.69) is 36.2 Å². The third kappa shape index (κ3) is 4.13. The van der Waals surface area contributed by atoms with Gasteiger partial charge in [-0.1, -0.05) is 17.3 Å². The fourth-order valence-electron chi connectivity index (χ4n) is 1.65. The highest BCUT2D eigenvalue weighted by Crippen LogP contribution is 2.16. The zero-order valence-corrected chi connectivity index (χ0v) is 11.4. The Labute approximate surface area is 112 Å². The summed E-state index contributed by atoms with van der Waals surface area (Å²) < 4.78 is 18.2. The van der Waals surface area contributed by atoms with E-state index < -0.39 is 0 Å². The van der Waals surface area contributed by atoms with Crippen LogP contribution in [-0.2, 0) is 6.42 Å². The van der Waals surface area contributed by atoms with Crippen LogP contribution in [0.3, 0.4) is 0 Å². The molecule has 0 atom stereocenters. The molecule has 0 aliphatic carbocycles. The lowest BCUT2D eigenvalue weighted by molar-refractivity contribution is 0.362. The van der Waals surface area contributed by atoms with E-state index >= 15 is 0 Å². The first-order valence-corrected chi connectivity index (χ1v) is 6.27. The van der Waals surface area contributed by atoms with Gasteiger partial charge in [-0.05, 0) is 32.9 Å². The lowest BCUT2D eigenvalue weighted by atomic mass is 10.1. The SMILES string of the molecule is CC(C)(C)NCCc1nc(-c2cccc(F)c2)no1. The average molecular weight is 263 g/mol. The molecule has 102 valence electrons. The number of hydrogen-bond acceptors (Lipinski definition) is 4.